The molecule has 0 aliphatic heterocycles. The molecule has 0 atom stereocenters. The van der Waals surface area contributed by atoms with Gasteiger partial charge in [0.2, 0.25) is 0 Å². The second-order valence-electron chi connectivity index (χ2n) is 6.80. The molecule has 110 valence electrons. The molecule has 1 aromatic rings. The fraction of sp³-hybridized carbons (Fsp3) is 0.400. The van der Waals surface area contributed by atoms with Crippen molar-refractivity contribution in [3.05, 3.63) is 63.4 Å². The minimum Gasteiger partial charge on any atom is -0.402 e. The molecule has 0 aromatic heterocycles. The Labute approximate surface area is 128 Å². The molecule has 2 aliphatic carbocycles. The van der Waals surface area contributed by atoms with Gasteiger partial charge in [-0.05, 0) is 60.9 Å². The van der Waals surface area contributed by atoms with Crippen LogP contribution in [0.4, 0.5) is 0 Å². The Morgan fingerprint density at radius 1 is 1.19 bits per heavy atom. The van der Waals surface area contributed by atoms with E-state index in [1.165, 1.54) is 27.8 Å². The Balaban J connectivity index is 2.23. The molecule has 0 unspecified atom stereocenters. The van der Waals surface area contributed by atoms with Crippen LogP contribution in [0.2, 0.25) is 0 Å². The molecule has 0 fully saturated rings. The summed E-state index contributed by atoms with van der Waals surface area (Å²) in [5, 5.41) is 0. The summed E-state index contributed by atoms with van der Waals surface area (Å²) in [6.07, 6.45) is 7.59. The smallest absolute Gasteiger partial charge is 0.0152 e. The van der Waals surface area contributed by atoms with Crippen molar-refractivity contribution in [2.24, 2.45) is 5.73 Å². The first-order valence-electron chi connectivity index (χ1n) is 7.90. The van der Waals surface area contributed by atoms with Gasteiger partial charge in [-0.15, -0.1) is 0 Å². The van der Waals surface area contributed by atoms with Gasteiger partial charge < -0.3 is 5.73 Å². The van der Waals surface area contributed by atoms with E-state index in [0.29, 0.717) is 0 Å². The van der Waals surface area contributed by atoms with Crippen LogP contribution in [0.1, 0.15) is 57.2 Å². The fourth-order valence-corrected chi connectivity index (χ4v) is 4.18. The largest absolute Gasteiger partial charge is 0.402 e. The molecule has 0 saturated heterocycles. The number of nitrogens with two attached hydrogens (primary N) is 1. The quantitative estimate of drug-likeness (QED) is 0.779. The van der Waals surface area contributed by atoms with Gasteiger partial charge in [-0.2, -0.15) is 0 Å². The van der Waals surface area contributed by atoms with Crippen LogP contribution in [0.3, 0.4) is 0 Å². The third-order valence-electron chi connectivity index (χ3n) is 5.15. The molecule has 2 N–H and O–H groups in total. The lowest BCUT2D eigenvalue weighted by Gasteiger charge is -2.41. The van der Waals surface area contributed by atoms with Gasteiger partial charge in [0.05, 0.1) is 0 Å². The third kappa shape index (κ3) is 2.07. The zero-order valence-electron chi connectivity index (χ0n) is 13.6. The summed E-state index contributed by atoms with van der Waals surface area (Å²) in [4.78, 5) is 0. The molecule has 1 aromatic carbocycles. The summed E-state index contributed by atoms with van der Waals surface area (Å²) in [6.45, 7) is 8.99. The highest BCUT2D eigenvalue weighted by Crippen LogP contribution is 2.48. The van der Waals surface area contributed by atoms with Gasteiger partial charge in [0.25, 0.3) is 0 Å². The predicted molar refractivity (Wildman–Crippen MR) is 91.0 cm³/mol. The van der Waals surface area contributed by atoms with E-state index in [9.17, 15) is 0 Å². The molecule has 0 saturated carbocycles. The Morgan fingerprint density at radius 2 is 1.95 bits per heavy atom. The lowest BCUT2D eigenvalue weighted by atomic mass is 9.63. The van der Waals surface area contributed by atoms with Gasteiger partial charge >= 0.3 is 0 Å². The normalized spacial score (nSPS) is 20.8. The van der Waals surface area contributed by atoms with Crippen LogP contribution < -0.4 is 5.73 Å². The molecule has 1 heteroatoms. The third-order valence-corrected chi connectivity index (χ3v) is 5.15. The van der Waals surface area contributed by atoms with Crippen LogP contribution >= 0.6 is 0 Å². The van der Waals surface area contributed by atoms with Crippen molar-refractivity contribution in [1.82, 2.24) is 0 Å². The van der Waals surface area contributed by atoms with Crippen LogP contribution in [-0.4, -0.2) is 0 Å². The van der Waals surface area contributed by atoms with Crippen molar-refractivity contribution < 1.29 is 0 Å². The highest BCUT2D eigenvalue weighted by atomic mass is 14.6. The summed E-state index contributed by atoms with van der Waals surface area (Å²) in [7, 11) is 0. The fourth-order valence-electron chi connectivity index (χ4n) is 4.18. The molecule has 0 spiro atoms. The Kier molecular flexibility index (Phi) is 3.32. The van der Waals surface area contributed by atoms with E-state index in [4.69, 9.17) is 5.73 Å². The van der Waals surface area contributed by atoms with E-state index in [2.05, 4.69) is 58.0 Å². The van der Waals surface area contributed by atoms with E-state index in [1.807, 2.05) is 0 Å². The number of benzene rings is 1. The number of rotatable bonds is 1. The molecule has 3 rings (SSSR count). The average Bonchev–Trinajstić information content (AvgIpc) is 2.44. The Bertz CT molecular complexity index is 684. The van der Waals surface area contributed by atoms with E-state index >= 15 is 0 Å². The molecule has 1 nitrogen and oxygen atoms in total. The van der Waals surface area contributed by atoms with Crippen LogP contribution in [0.15, 0.2) is 46.7 Å². The Hall–Kier alpha value is -1.76. The van der Waals surface area contributed by atoms with E-state index < -0.39 is 0 Å². The topological polar surface area (TPSA) is 26.0 Å². The average molecular weight is 279 g/mol. The van der Waals surface area contributed by atoms with Crippen molar-refractivity contribution in [2.75, 3.05) is 0 Å². The zero-order chi connectivity index (χ0) is 15.2. The van der Waals surface area contributed by atoms with Crippen molar-refractivity contribution in [3.8, 4) is 0 Å². The number of fused-ring (bicyclic) bond motifs is 1. The van der Waals surface area contributed by atoms with Crippen molar-refractivity contribution in [2.45, 2.75) is 52.4 Å². The highest BCUT2D eigenvalue weighted by molar-refractivity contribution is 5.64. The van der Waals surface area contributed by atoms with Crippen molar-refractivity contribution in [3.63, 3.8) is 0 Å². The molecule has 0 amide bonds. The summed E-state index contributed by atoms with van der Waals surface area (Å²) < 4.78 is 0. The first-order valence-corrected chi connectivity index (χ1v) is 7.90. The summed E-state index contributed by atoms with van der Waals surface area (Å²) in [5.41, 5.74) is 16.1. The number of hydrogen-bond donors (Lipinski definition) is 1. The zero-order valence-corrected chi connectivity index (χ0v) is 13.6. The van der Waals surface area contributed by atoms with Crippen molar-refractivity contribution >= 4 is 6.08 Å². The van der Waals surface area contributed by atoms with Gasteiger partial charge in [0, 0.05) is 11.1 Å². The number of hydrogen-bond acceptors (Lipinski definition) is 1. The van der Waals surface area contributed by atoms with Crippen LogP contribution in [-0.2, 0) is 11.8 Å². The Morgan fingerprint density at radius 3 is 2.67 bits per heavy atom. The van der Waals surface area contributed by atoms with Crippen LogP contribution in [0.5, 0.6) is 0 Å². The van der Waals surface area contributed by atoms with E-state index in [-0.39, 0.29) is 5.41 Å². The monoisotopic (exact) mass is 279 g/mol. The molecule has 0 radical (unpaired) electrons. The van der Waals surface area contributed by atoms with E-state index in [0.717, 1.165) is 25.0 Å². The van der Waals surface area contributed by atoms with Crippen LogP contribution in [0, 0.1) is 0 Å². The van der Waals surface area contributed by atoms with Gasteiger partial charge in [0.1, 0.15) is 0 Å². The lowest BCUT2D eigenvalue weighted by Crippen LogP contribution is -2.32. The first kappa shape index (κ1) is 14.2. The maximum absolute atomic E-state index is 6.24. The highest BCUT2D eigenvalue weighted by Gasteiger charge is 2.37. The minimum atomic E-state index is 0.0512. The summed E-state index contributed by atoms with van der Waals surface area (Å²) >= 11 is 0. The molecule has 21 heavy (non-hydrogen) atoms. The van der Waals surface area contributed by atoms with Gasteiger partial charge in [-0.25, -0.2) is 0 Å². The standard InChI is InChI=1S/C20H25N/c1-5-7-14-8-6-9-17-16(14)12-15-10-11-18(21)13(2)19(15)20(17,3)4/h5-9H,10-12,21H2,1-4H3/b7-5-. The second-order valence-corrected chi connectivity index (χ2v) is 6.80. The van der Waals surface area contributed by atoms with Gasteiger partial charge in [-0.3, -0.25) is 0 Å². The molecule has 0 bridgehead atoms. The van der Waals surface area contributed by atoms with Crippen molar-refractivity contribution in [1.29, 1.82) is 0 Å². The van der Waals surface area contributed by atoms with Gasteiger partial charge in [0.15, 0.2) is 0 Å². The van der Waals surface area contributed by atoms with Gasteiger partial charge in [-0.1, -0.05) is 49.8 Å². The first-order chi connectivity index (χ1) is 9.96. The summed E-state index contributed by atoms with van der Waals surface area (Å²) in [6, 6.07) is 6.72. The summed E-state index contributed by atoms with van der Waals surface area (Å²) in [5.74, 6) is 0. The molecule has 0 heterocycles. The number of allylic oxidation sites excluding steroid dienone is 5. The maximum atomic E-state index is 6.24. The molecular weight excluding hydrogens is 254 g/mol. The second kappa shape index (κ2) is 4.91. The van der Waals surface area contributed by atoms with Crippen LogP contribution in [0.25, 0.3) is 6.08 Å². The van der Waals surface area contributed by atoms with E-state index in [1.54, 1.807) is 5.57 Å². The minimum absolute atomic E-state index is 0.0512. The molecular formula is C20H25N. The molecule has 2 aliphatic rings. The predicted octanol–water partition coefficient (Wildman–Crippen LogP) is 4.88. The lowest BCUT2D eigenvalue weighted by molar-refractivity contribution is 0.576. The maximum Gasteiger partial charge on any atom is 0.0152 e. The SMILES string of the molecule is C/C=C\c1cccc2c1CC1=C(C(C)=C(N)CC1)C2(C)C.